The fourth-order valence-electron chi connectivity index (χ4n) is 3.07. The number of thioether (sulfide) groups is 1. The van der Waals surface area contributed by atoms with Crippen molar-refractivity contribution in [3.05, 3.63) is 59.4 Å². The first-order chi connectivity index (χ1) is 15.5. The number of ether oxygens (including phenoxy) is 3. The van der Waals surface area contributed by atoms with E-state index in [0.717, 1.165) is 5.75 Å². The number of amides is 1. The van der Waals surface area contributed by atoms with Crippen LogP contribution in [0.15, 0.2) is 53.7 Å². The number of rotatable bonds is 8. The van der Waals surface area contributed by atoms with Crippen LogP contribution in [0.5, 0.6) is 17.2 Å². The number of benzene rings is 2. The molecule has 2 heterocycles. The topological polar surface area (TPSA) is 78.7 Å². The average Bonchev–Trinajstić information content (AvgIpc) is 3.16. The van der Waals surface area contributed by atoms with E-state index in [-0.39, 0.29) is 24.4 Å². The predicted octanol–water partition coefficient (Wildman–Crippen LogP) is 3.44. The lowest BCUT2D eigenvalue weighted by Crippen LogP contribution is -2.42. The summed E-state index contributed by atoms with van der Waals surface area (Å²) in [6.07, 6.45) is -0.213. The summed E-state index contributed by atoms with van der Waals surface area (Å²) >= 11 is 7.22. The van der Waals surface area contributed by atoms with E-state index in [1.54, 1.807) is 36.2 Å². The number of para-hydroxylation sites is 2. The number of aromatic nitrogens is 3. The van der Waals surface area contributed by atoms with Gasteiger partial charge in [0.1, 0.15) is 19.0 Å². The summed E-state index contributed by atoms with van der Waals surface area (Å²) in [5.41, 5.74) is 0. The van der Waals surface area contributed by atoms with Gasteiger partial charge in [0.2, 0.25) is 5.91 Å². The van der Waals surface area contributed by atoms with E-state index in [9.17, 15) is 4.79 Å². The Morgan fingerprint density at radius 1 is 1.22 bits per heavy atom. The van der Waals surface area contributed by atoms with Crippen LogP contribution < -0.4 is 14.2 Å². The Morgan fingerprint density at radius 2 is 1.97 bits per heavy atom. The molecule has 0 fully saturated rings. The van der Waals surface area contributed by atoms with Crippen molar-refractivity contribution in [2.45, 2.75) is 17.9 Å². The molecule has 8 nitrogen and oxygen atoms in total. The monoisotopic (exact) mass is 474 g/mol. The van der Waals surface area contributed by atoms with Crippen LogP contribution in [0, 0.1) is 0 Å². The zero-order valence-corrected chi connectivity index (χ0v) is 19.3. The number of carbonyl (C=O) groups is 1. The fourth-order valence-corrected chi connectivity index (χ4v) is 4.07. The third-order valence-corrected chi connectivity index (χ3v) is 6.16. The van der Waals surface area contributed by atoms with E-state index >= 15 is 0 Å². The Morgan fingerprint density at radius 3 is 2.75 bits per heavy atom. The molecular weight excluding hydrogens is 452 g/mol. The van der Waals surface area contributed by atoms with Crippen molar-refractivity contribution in [2.24, 2.45) is 7.05 Å². The van der Waals surface area contributed by atoms with Crippen LogP contribution in [-0.4, -0.2) is 57.6 Å². The van der Waals surface area contributed by atoms with Crippen LogP contribution >= 0.6 is 23.4 Å². The molecule has 10 heteroatoms. The molecule has 0 radical (unpaired) electrons. The van der Waals surface area contributed by atoms with Crippen molar-refractivity contribution in [3.8, 4) is 17.2 Å². The highest BCUT2D eigenvalue weighted by atomic mass is 35.5. The second-order valence-electron chi connectivity index (χ2n) is 7.26. The minimum Gasteiger partial charge on any atom is -0.486 e. The number of halogens is 1. The van der Waals surface area contributed by atoms with Crippen molar-refractivity contribution in [1.82, 2.24) is 19.7 Å². The molecule has 1 amide bonds. The van der Waals surface area contributed by atoms with Gasteiger partial charge in [-0.3, -0.25) is 4.79 Å². The standard InChI is InChI=1S/C22H23ClN4O4S/c1-26(11-17-12-30-18-5-3-4-6-19(18)31-17)21(28)14-32-22-25-24-20(27(22)2)13-29-16-9-7-15(23)8-10-16/h3-10,17H,11-14H2,1-2H3/t17-/m0/s1. The van der Waals surface area contributed by atoms with Gasteiger partial charge in [-0.05, 0) is 36.4 Å². The molecule has 4 rings (SSSR count). The summed E-state index contributed by atoms with van der Waals surface area (Å²) in [7, 11) is 3.61. The van der Waals surface area contributed by atoms with Crippen molar-refractivity contribution in [2.75, 3.05) is 26.0 Å². The number of fused-ring (bicyclic) bond motifs is 1. The third kappa shape index (κ3) is 5.46. The normalized spacial score (nSPS) is 14.8. The van der Waals surface area contributed by atoms with Crippen LogP contribution in [-0.2, 0) is 18.4 Å². The fraction of sp³-hybridized carbons (Fsp3) is 0.318. The van der Waals surface area contributed by atoms with E-state index in [1.165, 1.54) is 11.8 Å². The molecule has 0 bridgehead atoms. The van der Waals surface area contributed by atoms with Gasteiger partial charge in [-0.25, -0.2) is 0 Å². The molecule has 1 aromatic heterocycles. The lowest BCUT2D eigenvalue weighted by molar-refractivity contribution is -0.128. The zero-order chi connectivity index (χ0) is 22.5. The Hall–Kier alpha value is -2.91. The first-order valence-electron chi connectivity index (χ1n) is 10.0. The maximum Gasteiger partial charge on any atom is 0.232 e. The highest BCUT2D eigenvalue weighted by Gasteiger charge is 2.24. The van der Waals surface area contributed by atoms with Crippen LogP contribution in [0.4, 0.5) is 0 Å². The predicted molar refractivity (Wildman–Crippen MR) is 122 cm³/mol. The van der Waals surface area contributed by atoms with Gasteiger partial charge in [0.15, 0.2) is 28.6 Å². The molecule has 1 aliphatic heterocycles. The number of hydrogen-bond acceptors (Lipinski definition) is 7. The summed E-state index contributed by atoms with van der Waals surface area (Å²) in [6.45, 7) is 1.11. The molecule has 0 saturated carbocycles. The summed E-state index contributed by atoms with van der Waals surface area (Å²) in [5.74, 6) is 3.00. The van der Waals surface area contributed by atoms with Gasteiger partial charge < -0.3 is 23.7 Å². The highest BCUT2D eigenvalue weighted by molar-refractivity contribution is 7.99. The third-order valence-electron chi connectivity index (χ3n) is 4.90. The van der Waals surface area contributed by atoms with Crippen LogP contribution in [0.2, 0.25) is 5.02 Å². The van der Waals surface area contributed by atoms with Crippen LogP contribution in [0.25, 0.3) is 0 Å². The SMILES string of the molecule is CN(C[C@H]1COc2ccccc2O1)C(=O)CSc1nnc(COc2ccc(Cl)cc2)n1C. The van der Waals surface area contributed by atoms with Crippen molar-refractivity contribution < 1.29 is 19.0 Å². The molecule has 2 aromatic carbocycles. The minimum atomic E-state index is -0.213. The van der Waals surface area contributed by atoms with Gasteiger partial charge in [-0.2, -0.15) is 0 Å². The van der Waals surface area contributed by atoms with Gasteiger partial charge in [0.05, 0.1) is 12.3 Å². The molecule has 0 aliphatic carbocycles. The molecular formula is C22H23ClN4O4S. The molecule has 3 aromatic rings. The smallest absolute Gasteiger partial charge is 0.232 e. The van der Waals surface area contributed by atoms with E-state index in [1.807, 2.05) is 35.9 Å². The van der Waals surface area contributed by atoms with E-state index in [4.69, 9.17) is 25.8 Å². The van der Waals surface area contributed by atoms with Gasteiger partial charge in [0, 0.05) is 19.1 Å². The second-order valence-corrected chi connectivity index (χ2v) is 8.64. The Bertz CT molecular complexity index is 1080. The maximum absolute atomic E-state index is 12.6. The van der Waals surface area contributed by atoms with Crippen molar-refractivity contribution >= 4 is 29.3 Å². The number of carbonyl (C=O) groups excluding carboxylic acids is 1. The number of nitrogens with zero attached hydrogens (tertiary/aromatic N) is 4. The molecule has 0 saturated heterocycles. The largest absolute Gasteiger partial charge is 0.486 e. The summed E-state index contributed by atoms with van der Waals surface area (Å²) in [4.78, 5) is 14.3. The van der Waals surface area contributed by atoms with Crippen molar-refractivity contribution in [3.63, 3.8) is 0 Å². The average molecular weight is 475 g/mol. The molecule has 1 aliphatic rings. The highest BCUT2D eigenvalue weighted by Crippen LogP contribution is 2.31. The summed E-state index contributed by atoms with van der Waals surface area (Å²) < 4.78 is 19.2. The second kappa shape index (κ2) is 10.1. The van der Waals surface area contributed by atoms with Gasteiger partial charge in [-0.1, -0.05) is 35.5 Å². The van der Waals surface area contributed by atoms with E-state index in [0.29, 0.717) is 40.7 Å². The van der Waals surface area contributed by atoms with Crippen LogP contribution in [0.1, 0.15) is 5.82 Å². The van der Waals surface area contributed by atoms with Crippen LogP contribution in [0.3, 0.4) is 0 Å². The summed E-state index contributed by atoms with van der Waals surface area (Å²) in [6, 6.07) is 14.6. The van der Waals surface area contributed by atoms with Crippen molar-refractivity contribution in [1.29, 1.82) is 0 Å². The Balaban J connectivity index is 1.25. The number of hydrogen-bond donors (Lipinski definition) is 0. The molecule has 1 atom stereocenters. The quantitative estimate of drug-likeness (QED) is 0.463. The Labute approximate surface area is 195 Å². The lowest BCUT2D eigenvalue weighted by atomic mass is 10.2. The van der Waals surface area contributed by atoms with Gasteiger partial charge >= 0.3 is 0 Å². The van der Waals surface area contributed by atoms with E-state index < -0.39 is 0 Å². The van der Waals surface area contributed by atoms with E-state index in [2.05, 4.69) is 10.2 Å². The van der Waals surface area contributed by atoms with Gasteiger partial charge in [0.25, 0.3) is 0 Å². The summed E-state index contributed by atoms with van der Waals surface area (Å²) in [5, 5.41) is 9.63. The first kappa shape index (κ1) is 22.3. The number of likely N-dealkylation sites (N-methyl/N-ethyl adjacent to an activating group) is 1. The first-order valence-corrected chi connectivity index (χ1v) is 11.4. The molecule has 32 heavy (non-hydrogen) atoms. The Kier molecular flexibility index (Phi) is 7.06. The molecule has 168 valence electrons. The lowest BCUT2D eigenvalue weighted by Gasteiger charge is -2.29. The molecule has 0 spiro atoms. The molecule has 0 unspecified atom stereocenters. The van der Waals surface area contributed by atoms with Gasteiger partial charge in [-0.15, -0.1) is 10.2 Å². The molecule has 0 N–H and O–H groups in total. The zero-order valence-electron chi connectivity index (χ0n) is 17.7. The minimum absolute atomic E-state index is 0.0283. The maximum atomic E-state index is 12.6.